The summed E-state index contributed by atoms with van der Waals surface area (Å²) in [5.74, 6) is -3.26. The quantitative estimate of drug-likeness (QED) is 0.755. The van der Waals surface area contributed by atoms with Gasteiger partial charge >= 0.3 is 0 Å². The third kappa shape index (κ3) is 3.72. The van der Waals surface area contributed by atoms with Crippen LogP contribution >= 0.6 is 0 Å². The molecule has 0 fully saturated rings. The summed E-state index contributed by atoms with van der Waals surface area (Å²) in [4.78, 5) is 0. The van der Waals surface area contributed by atoms with Gasteiger partial charge in [0.1, 0.15) is 18.8 Å². The minimum atomic E-state index is -3.26. The molecule has 0 unspecified atom stereocenters. The second kappa shape index (κ2) is 6.37. The van der Waals surface area contributed by atoms with Crippen molar-refractivity contribution in [3.05, 3.63) is 11.4 Å². The Kier molecular flexibility index (Phi) is 5.12. The standard InChI is InChI=1S/C10H14F2N4O2/c1-18-5-3-9-8(2-4-13)14-15-16(9)6-10(11,12)7-17/h17H,2-3,5-7H2,1H3. The lowest BCUT2D eigenvalue weighted by Crippen LogP contribution is -2.29. The highest BCUT2D eigenvalue weighted by Gasteiger charge is 2.30. The van der Waals surface area contributed by atoms with Gasteiger partial charge in [0.05, 0.1) is 24.8 Å². The van der Waals surface area contributed by atoms with Crippen molar-refractivity contribution in [3.63, 3.8) is 0 Å². The van der Waals surface area contributed by atoms with Crippen LogP contribution < -0.4 is 0 Å². The van der Waals surface area contributed by atoms with E-state index in [1.54, 1.807) is 0 Å². The fraction of sp³-hybridized carbons (Fsp3) is 0.700. The summed E-state index contributed by atoms with van der Waals surface area (Å²) in [6.07, 6.45) is 0.339. The summed E-state index contributed by atoms with van der Waals surface area (Å²) in [5.41, 5.74) is 0.801. The number of methoxy groups -OCH3 is 1. The minimum Gasteiger partial charge on any atom is -0.390 e. The molecule has 0 saturated carbocycles. The molecule has 0 bridgehead atoms. The van der Waals surface area contributed by atoms with E-state index in [4.69, 9.17) is 15.1 Å². The van der Waals surface area contributed by atoms with Gasteiger partial charge in [-0.3, -0.25) is 0 Å². The summed E-state index contributed by atoms with van der Waals surface area (Å²) in [6, 6.07) is 1.90. The van der Waals surface area contributed by atoms with Gasteiger partial charge < -0.3 is 9.84 Å². The first kappa shape index (κ1) is 14.5. The molecular formula is C10H14F2N4O2. The monoisotopic (exact) mass is 260 g/mol. The Bertz CT molecular complexity index is 428. The first-order chi connectivity index (χ1) is 8.54. The zero-order valence-corrected chi connectivity index (χ0v) is 9.94. The normalized spacial score (nSPS) is 11.5. The van der Waals surface area contributed by atoms with Crippen molar-refractivity contribution in [2.45, 2.75) is 25.3 Å². The van der Waals surface area contributed by atoms with Gasteiger partial charge in [0.2, 0.25) is 0 Å². The Morgan fingerprint density at radius 1 is 1.56 bits per heavy atom. The zero-order valence-electron chi connectivity index (χ0n) is 9.94. The van der Waals surface area contributed by atoms with Crippen LogP contribution in [-0.2, 0) is 24.1 Å². The lowest BCUT2D eigenvalue weighted by atomic mass is 10.2. The van der Waals surface area contributed by atoms with Crippen LogP contribution in [0, 0.1) is 11.3 Å². The summed E-state index contributed by atoms with van der Waals surface area (Å²) in [7, 11) is 1.49. The largest absolute Gasteiger partial charge is 0.390 e. The molecule has 0 aliphatic heterocycles. The van der Waals surface area contributed by atoms with E-state index in [0.717, 1.165) is 4.68 Å². The lowest BCUT2D eigenvalue weighted by Gasteiger charge is -2.14. The lowest BCUT2D eigenvalue weighted by molar-refractivity contribution is -0.0661. The number of nitrogens with zero attached hydrogens (tertiary/aromatic N) is 4. The van der Waals surface area contributed by atoms with Gasteiger partial charge in [0.15, 0.2) is 0 Å². The van der Waals surface area contributed by atoms with Crippen LogP contribution in [0.2, 0.25) is 0 Å². The number of aromatic nitrogens is 3. The van der Waals surface area contributed by atoms with Crippen LogP contribution in [0.25, 0.3) is 0 Å². The fourth-order valence-electron chi connectivity index (χ4n) is 1.45. The van der Waals surface area contributed by atoms with Gasteiger partial charge in [-0.1, -0.05) is 5.21 Å². The van der Waals surface area contributed by atoms with E-state index in [1.807, 2.05) is 6.07 Å². The molecule has 0 spiro atoms. The molecular weight excluding hydrogens is 246 g/mol. The molecule has 0 saturated heterocycles. The van der Waals surface area contributed by atoms with Crippen molar-refractivity contribution in [3.8, 4) is 6.07 Å². The average Bonchev–Trinajstić information content (AvgIpc) is 2.69. The van der Waals surface area contributed by atoms with Crippen LogP contribution in [0.1, 0.15) is 11.4 Å². The number of nitriles is 1. The highest BCUT2D eigenvalue weighted by atomic mass is 19.3. The van der Waals surface area contributed by atoms with Crippen LogP contribution in [0.3, 0.4) is 0 Å². The van der Waals surface area contributed by atoms with E-state index in [2.05, 4.69) is 10.3 Å². The molecule has 0 atom stereocenters. The van der Waals surface area contributed by atoms with E-state index < -0.39 is 19.1 Å². The second-order valence-corrected chi connectivity index (χ2v) is 3.73. The van der Waals surface area contributed by atoms with Crippen molar-refractivity contribution in [1.82, 2.24) is 15.0 Å². The summed E-state index contributed by atoms with van der Waals surface area (Å²) in [6.45, 7) is -1.71. The summed E-state index contributed by atoms with van der Waals surface area (Å²) >= 11 is 0. The fourth-order valence-corrected chi connectivity index (χ4v) is 1.45. The molecule has 8 heteroatoms. The Balaban J connectivity index is 2.93. The van der Waals surface area contributed by atoms with Gasteiger partial charge in [0, 0.05) is 13.5 Å². The number of aliphatic hydroxyl groups excluding tert-OH is 1. The Morgan fingerprint density at radius 2 is 2.28 bits per heavy atom. The number of halogens is 2. The molecule has 6 nitrogen and oxygen atoms in total. The molecule has 0 aliphatic carbocycles. The van der Waals surface area contributed by atoms with Gasteiger partial charge in [-0.25, -0.2) is 13.5 Å². The molecule has 100 valence electrons. The van der Waals surface area contributed by atoms with Crippen LogP contribution in [-0.4, -0.2) is 46.3 Å². The van der Waals surface area contributed by atoms with Crippen molar-refractivity contribution < 1.29 is 18.6 Å². The molecule has 1 rings (SSSR count). The predicted octanol–water partition coefficient (Wildman–Crippen LogP) is 0.161. The molecule has 0 radical (unpaired) electrons. The Labute approximate surface area is 103 Å². The molecule has 1 heterocycles. The topological polar surface area (TPSA) is 84.0 Å². The highest BCUT2D eigenvalue weighted by molar-refractivity contribution is 5.14. The minimum absolute atomic E-state index is 0.00371. The zero-order chi connectivity index (χ0) is 13.6. The smallest absolute Gasteiger partial charge is 0.289 e. The summed E-state index contributed by atoms with van der Waals surface area (Å²) in [5, 5.41) is 24.4. The van der Waals surface area contributed by atoms with Gasteiger partial charge in [-0.05, 0) is 0 Å². The maximum Gasteiger partial charge on any atom is 0.289 e. The van der Waals surface area contributed by atoms with Gasteiger partial charge in [0.25, 0.3) is 5.92 Å². The molecule has 1 N–H and O–H groups in total. The average molecular weight is 260 g/mol. The van der Waals surface area contributed by atoms with Gasteiger partial charge in [-0.15, -0.1) is 5.10 Å². The first-order valence-electron chi connectivity index (χ1n) is 5.30. The van der Waals surface area contributed by atoms with E-state index in [0.29, 0.717) is 24.4 Å². The van der Waals surface area contributed by atoms with Gasteiger partial charge in [-0.2, -0.15) is 5.26 Å². The predicted molar refractivity (Wildman–Crippen MR) is 57.0 cm³/mol. The molecule has 0 amide bonds. The molecule has 18 heavy (non-hydrogen) atoms. The number of hydrogen-bond donors (Lipinski definition) is 1. The van der Waals surface area contributed by atoms with Crippen LogP contribution in [0.15, 0.2) is 0 Å². The maximum absolute atomic E-state index is 13.1. The number of aliphatic hydroxyl groups is 1. The van der Waals surface area contributed by atoms with E-state index in [9.17, 15) is 8.78 Å². The van der Waals surface area contributed by atoms with Crippen molar-refractivity contribution in [1.29, 1.82) is 5.26 Å². The highest BCUT2D eigenvalue weighted by Crippen LogP contribution is 2.17. The maximum atomic E-state index is 13.1. The molecule has 0 aliphatic rings. The molecule has 1 aromatic rings. The second-order valence-electron chi connectivity index (χ2n) is 3.73. The van der Waals surface area contributed by atoms with Crippen LogP contribution in [0.4, 0.5) is 8.78 Å². The Morgan fingerprint density at radius 3 is 2.83 bits per heavy atom. The number of rotatable bonds is 7. The Hall–Kier alpha value is -1.59. The number of alkyl halides is 2. The van der Waals surface area contributed by atoms with Crippen LogP contribution in [0.5, 0.6) is 0 Å². The molecule has 1 aromatic heterocycles. The third-order valence-electron chi connectivity index (χ3n) is 2.32. The van der Waals surface area contributed by atoms with E-state index >= 15 is 0 Å². The van der Waals surface area contributed by atoms with E-state index in [1.165, 1.54) is 7.11 Å². The number of ether oxygens (including phenoxy) is 1. The SMILES string of the molecule is COCCc1c(CC#N)nnn1CC(F)(F)CO. The third-order valence-corrected chi connectivity index (χ3v) is 2.32. The summed E-state index contributed by atoms with van der Waals surface area (Å²) < 4.78 is 32.1. The van der Waals surface area contributed by atoms with E-state index in [-0.39, 0.29) is 6.42 Å². The van der Waals surface area contributed by atoms with Crippen molar-refractivity contribution in [2.24, 2.45) is 0 Å². The molecule has 0 aromatic carbocycles. The first-order valence-corrected chi connectivity index (χ1v) is 5.30. The van der Waals surface area contributed by atoms with Crippen molar-refractivity contribution >= 4 is 0 Å². The van der Waals surface area contributed by atoms with Crippen molar-refractivity contribution in [2.75, 3.05) is 20.3 Å². The number of hydrogen-bond acceptors (Lipinski definition) is 5.